The van der Waals surface area contributed by atoms with Crippen LogP contribution >= 0.6 is 0 Å². The molecule has 6 atom stereocenters. The second-order valence-corrected chi connectivity index (χ2v) is 13.1. The van der Waals surface area contributed by atoms with Crippen molar-refractivity contribution >= 4 is 34.8 Å². The van der Waals surface area contributed by atoms with Crippen LogP contribution in [0.3, 0.4) is 0 Å². The maximum absolute atomic E-state index is 13.3. The molecule has 1 saturated carbocycles. The number of aliphatic hydroxyl groups is 1. The Balaban J connectivity index is 1.34. The number of rotatable bonds is 10. The molecular weight excluding hydrogens is 631 g/mol. The minimum Gasteiger partial charge on any atom is -0.451 e. The summed E-state index contributed by atoms with van der Waals surface area (Å²) in [5.74, 6) is -1.89. The van der Waals surface area contributed by atoms with Gasteiger partial charge < -0.3 is 34.8 Å². The van der Waals surface area contributed by atoms with Crippen LogP contribution in [0.5, 0.6) is 0 Å². The topological polar surface area (TPSA) is 141 Å². The highest BCUT2D eigenvalue weighted by Crippen LogP contribution is 2.38. The summed E-state index contributed by atoms with van der Waals surface area (Å²) < 4.78 is 46.4. The van der Waals surface area contributed by atoms with Gasteiger partial charge in [0, 0.05) is 51.2 Å². The molecule has 0 unspecified atom stereocenters. The SMILES string of the molecule is CCC(=O)N[C@H]1C[C@@H](n2cnc3c(N[C@H]4CCN(Cc5ccccc5)C4)nc(N4CC[C@@H](N(C)C)C4)nc32)[C@H](OC(=O)C(F)(F)F)[C@@H]1O. The van der Waals surface area contributed by atoms with Gasteiger partial charge in [-0.1, -0.05) is 37.3 Å². The van der Waals surface area contributed by atoms with Crippen LogP contribution in [-0.4, -0.2) is 123 Å². The van der Waals surface area contributed by atoms with Gasteiger partial charge in [-0.3, -0.25) is 9.69 Å². The van der Waals surface area contributed by atoms with Gasteiger partial charge in [-0.2, -0.15) is 23.1 Å². The first kappa shape index (κ1) is 33.9. The van der Waals surface area contributed by atoms with E-state index in [0.717, 1.165) is 32.5 Å². The number of esters is 1. The smallest absolute Gasteiger partial charge is 0.451 e. The summed E-state index contributed by atoms with van der Waals surface area (Å²) in [6.07, 6.45) is -5.21. The van der Waals surface area contributed by atoms with Gasteiger partial charge in [0.15, 0.2) is 23.1 Å². The van der Waals surface area contributed by atoms with Gasteiger partial charge in [-0.25, -0.2) is 9.78 Å². The van der Waals surface area contributed by atoms with Crippen LogP contribution in [0.4, 0.5) is 24.9 Å². The molecule has 2 aliphatic heterocycles. The summed E-state index contributed by atoms with van der Waals surface area (Å²) in [7, 11) is 4.03. The van der Waals surface area contributed by atoms with E-state index >= 15 is 0 Å². The van der Waals surface area contributed by atoms with E-state index in [1.54, 1.807) is 6.92 Å². The normalized spacial score (nSPS) is 26.5. The fourth-order valence-corrected chi connectivity index (χ4v) is 6.92. The molecule has 2 saturated heterocycles. The summed E-state index contributed by atoms with van der Waals surface area (Å²) in [6.45, 7) is 5.47. The predicted molar refractivity (Wildman–Crippen MR) is 171 cm³/mol. The maximum atomic E-state index is 13.3. The molecule has 3 fully saturated rings. The Morgan fingerprint density at radius 3 is 2.56 bits per heavy atom. The molecule has 2 aromatic heterocycles. The van der Waals surface area contributed by atoms with Crippen LogP contribution in [0.15, 0.2) is 36.7 Å². The van der Waals surface area contributed by atoms with Gasteiger partial charge in [-0.15, -0.1) is 0 Å². The molecule has 48 heavy (non-hydrogen) atoms. The Morgan fingerprint density at radius 2 is 1.88 bits per heavy atom. The average molecular weight is 674 g/mol. The first-order valence-corrected chi connectivity index (χ1v) is 16.3. The highest BCUT2D eigenvalue weighted by atomic mass is 19.4. The Bertz CT molecular complexity index is 1600. The van der Waals surface area contributed by atoms with Gasteiger partial charge in [0.1, 0.15) is 6.10 Å². The maximum Gasteiger partial charge on any atom is 0.490 e. The number of halogens is 3. The van der Waals surface area contributed by atoms with Crippen molar-refractivity contribution in [2.24, 2.45) is 0 Å². The number of anilines is 2. The van der Waals surface area contributed by atoms with E-state index in [-0.39, 0.29) is 24.9 Å². The van der Waals surface area contributed by atoms with Crippen LogP contribution in [0.2, 0.25) is 0 Å². The molecule has 0 radical (unpaired) electrons. The lowest BCUT2D eigenvalue weighted by Gasteiger charge is -2.25. The number of imidazole rings is 1. The quantitative estimate of drug-likeness (QED) is 0.273. The van der Waals surface area contributed by atoms with Crippen molar-refractivity contribution in [3.05, 3.63) is 42.2 Å². The molecule has 1 aliphatic carbocycles. The number of nitrogens with zero attached hydrogens (tertiary/aromatic N) is 7. The third kappa shape index (κ3) is 7.20. The van der Waals surface area contributed by atoms with Crippen LogP contribution in [-0.2, 0) is 20.9 Å². The van der Waals surface area contributed by atoms with Crippen LogP contribution in [0, 0.1) is 0 Å². The highest BCUT2D eigenvalue weighted by molar-refractivity contribution is 5.85. The molecule has 0 spiro atoms. The third-order valence-electron chi connectivity index (χ3n) is 9.57. The van der Waals surface area contributed by atoms with E-state index in [9.17, 15) is 27.9 Å². The molecule has 3 aliphatic rings. The molecule has 1 aromatic carbocycles. The van der Waals surface area contributed by atoms with E-state index in [1.807, 2.05) is 32.3 Å². The zero-order chi connectivity index (χ0) is 34.2. The summed E-state index contributed by atoms with van der Waals surface area (Å²) in [4.78, 5) is 45.2. The van der Waals surface area contributed by atoms with Gasteiger partial charge in [-0.05, 0) is 38.9 Å². The van der Waals surface area contributed by atoms with Crippen molar-refractivity contribution in [1.29, 1.82) is 0 Å². The molecule has 1 amide bonds. The average Bonchev–Trinajstić information content (AvgIpc) is 3.85. The number of carbonyl (C=O) groups excluding carboxylic acids is 2. The molecule has 16 heteroatoms. The molecule has 3 N–H and O–H groups in total. The summed E-state index contributed by atoms with van der Waals surface area (Å²) in [6, 6.07) is 8.61. The van der Waals surface area contributed by atoms with Crippen molar-refractivity contribution in [3.63, 3.8) is 0 Å². The number of aromatic nitrogens is 4. The highest BCUT2D eigenvalue weighted by Gasteiger charge is 2.51. The second-order valence-electron chi connectivity index (χ2n) is 13.1. The number of likely N-dealkylation sites (N-methyl/N-ethyl adjacent to an activating group) is 1. The number of nitrogens with one attached hydrogen (secondary N) is 2. The molecule has 260 valence electrons. The Labute approximate surface area is 276 Å². The van der Waals surface area contributed by atoms with Crippen LogP contribution < -0.4 is 15.5 Å². The largest absolute Gasteiger partial charge is 0.490 e. The van der Waals surface area contributed by atoms with Crippen LogP contribution in [0.25, 0.3) is 11.2 Å². The number of hydrogen-bond donors (Lipinski definition) is 3. The molecule has 0 bridgehead atoms. The molecule has 3 aromatic rings. The van der Waals surface area contributed by atoms with Crippen molar-refractivity contribution in [2.45, 2.75) is 81.7 Å². The van der Waals surface area contributed by atoms with Crippen LogP contribution in [0.1, 0.15) is 44.2 Å². The minimum atomic E-state index is -5.27. The van der Waals surface area contributed by atoms with E-state index in [2.05, 4.69) is 42.5 Å². The number of aliphatic hydroxyl groups excluding tert-OH is 1. The molecular formula is C32H42F3N9O4. The van der Waals surface area contributed by atoms with Crippen molar-refractivity contribution in [3.8, 4) is 0 Å². The lowest BCUT2D eigenvalue weighted by atomic mass is 10.2. The van der Waals surface area contributed by atoms with Gasteiger partial charge in [0.2, 0.25) is 11.9 Å². The van der Waals surface area contributed by atoms with E-state index in [1.165, 1.54) is 16.5 Å². The first-order chi connectivity index (χ1) is 22.9. The summed E-state index contributed by atoms with van der Waals surface area (Å²) in [5, 5.41) is 17.3. The fraction of sp³-hybridized carbons (Fsp3) is 0.594. The molecule has 13 nitrogen and oxygen atoms in total. The molecule has 6 rings (SSSR count). The monoisotopic (exact) mass is 673 g/mol. The number of hydrogen-bond acceptors (Lipinski definition) is 11. The Kier molecular flexibility index (Phi) is 9.76. The summed E-state index contributed by atoms with van der Waals surface area (Å²) in [5.41, 5.74) is 1.95. The fourth-order valence-electron chi connectivity index (χ4n) is 6.92. The van der Waals surface area contributed by atoms with Gasteiger partial charge in [0.05, 0.1) is 18.4 Å². The predicted octanol–water partition coefficient (Wildman–Crippen LogP) is 2.33. The van der Waals surface area contributed by atoms with Crippen molar-refractivity contribution in [1.82, 2.24) is 34.6 Å². The van der Waals surface area contributed by atoms with Gasteiger partial charge in [0.25, 0.3) is 0 Å². The van der Waals surface area contributed by atoms with E-state index in [4.69, 9.17) is 14.7 Å². The van der Waals surface area contributed by atoms with Gasteiger partial charge >= 0.3 is 12.1 Å². The molecule has 4 heterocycles. The zero-order valence-electron chi connectivity index (χ0n) is 27.2. The summed E-state index contributed by atoms with van der Waals surface area (Å²) >= 11 is 0. The van der Waals surface area contributed by atoms with Crippen molar-refractivity contribution in [2.75, 3.05) is 50.5 Å². The number of amides is 1. The lowest BCUT2D eigenvalue weighted by molar-refractivity contribution is -0.209. The standard InChI is InChI=1S/C32H42F3N9O4/c1-4-24(45)38-22-14-23(27(26(22)46)48-30(47)32(33,34)35)44-18-36-25-28(37-20-10-12-42(16-20)15-19-8-6-5-7-9-19)39-31(40-29(25)44)43-13-11-21(17-43)41(2)3/h5-9,18,20-23,26-27,46H,4,10-17H2,1-3H3,(H,38,45)(H,37,39,40)/t20-,21+,22-,23+,26+,27-/m0/s1. The number of fused-ring (bicyclic) bond motifs is 1. The van der Waals surface area contributed by atoms with E-state index < -0.39 is 42.3 Å². The number of likely N-dealkylation sites (tertiary alicyclic amines) is 1. The number of ether oxygens (including phenoxy) is 1. The lowest BCUT2D eigenvalue weighted by Crippen LogP contribution is -2.45. The number of benzene rings is 1. The number of alkyl halides is 3. The Morgan fingerprint density at radius 1 is 1.10 bits per heavy atom. The zero-order valence-corrected chi connectivity index (χ0v) is 27.2. The van der Waals surface area contributed by atoms with E-state index in [0.29, 0.717) is 36.0 Å². The number of carbonyl (C=O) groups is 2. The first-order valence-electron chi connectivity index (χ1n) is 16.3. The third-order valence-corrected chi connectivity index (χ3v) is 9.57. The second kappa shape index (κ2) is 13.8. The van der Waals surface area contributed by atoms with Crippen molar-refractivity contribution < 1.29 is 32.6 Å². The minimum absolute atomic E-state index is 0.0141. The Hall–Kier alpha value is -4.02.